The van der Waals surface area contributed by atoms with Gasteiger partial charge in [-0.3, -0.25) is 4.68 Å². The molecule has 0 radical (unpaired) electrons. The Balaban J connectivity index is 1.85. The molecule has 0 aliphatic carbocycles. The lowest BCUT2D eigenvalue weighted by molar-refractivity contribution is 0.559. The number of aromatic nitrogens is 3. The number of nitrogens with one attached hydrogen (secondary N) is 1. The van der Waals surface area contributed by atoms with Crippen LogP contribution < -0.4 is 5.32 Å². The molecule has 1 unspecified atom stereocenters. The van der Waals surface area contributed by atoms with Crippen molar-refractivity contribution in [2.24, 2.45) is 7.05 Å². The molecule has 1 atom stereocenters. The summed E-state index contributed by atoms with van der Waals surface area (Å²) in [4.78, 5) is 5.89. The number of hydrogen-bond donors (Lipinski definition) is 1. The molecule has 2 aromatic heterocycles. The molecule has 0 aromatic carbocycles. The molecule has 1 N–H and O–H groups in total. The van der Waals surface area contributed by atoms with Gasteiger partial charge < -0.3 is 5.32 Å². The summed E-state index contributed by atoms with van der Waals surface area (Å²) in [6.07, 6.45) is 2.93. The number of hydrogen-bond acceptors (Lipinski definition) is 4. The van der Waals surface area contributed by atoms with Crippen LogP contribution in [0.25, 0.3) is 0 Å². The minimum atomic E-state index is 0.304. The van der Waals surface area contributed by atoms with Crippen LogP contribution in [0.2, 0.25) is 0 Å². The van der Waals surface area contributed by atoms with Crippen molar-refractivity contribution in [1.29, 1.82) is 0 Å². The van der Waals surface area contributed by atoms with Crippen molar-refractivity contribution in [3.05, 3.63) is 33.5 Å². The summed E-state index contributed by atoms with van der Waals surface area (Å²) >= 11 is 1.76. The highest BCUT2D eigenvalue weighted by Crippen LogP contribution is 2.22. The first-order valence-electron chi connectivity index (χ1n) is 6.22. The lowest BCUT2D eigenvalue weighted by atomic mass is 10.2. The smallest absolute Gasteiger partial charge is 0.0900 e. The van der Waals surface area contributed by atoms with E-state index in [2.05, 4.69) is 42.2 Å². The van der Waals surface area contributed by atoms with Gasteiger partial charge in [-0.15, -0.1) is 11.3 Å². The van der Waals surface area contributed by atoms with Gasteiger partial charge in [0, 0.05) is 37.1 Å². The van der Waals surface area contributed by atoms with E-state index in [1.54, 1.807) is 11.3 Å². The van der Waals surface area contributed by atoms with Crippen LogP contribution in [0.1, 0.15) is 34.2 Å². The third-order valence-corrected chi connectivity index (χ3v) is 3.85. The first-order chi connectivity index (χ1) is 8.56. The summed E-state index contributed by atoms with van der Waals surface area (Å²) in [5.41, 5.74) is 2.31. The molecular formula is C13H20N4S. The van der Waals surface area contributed by atoms with Crippen LogP contribution in [-0.2, 0) is 13.5 Å². The minimum Gasteiger partial charge on any atom is -0.308 e. The maximum absolute atomic E-state index is 4.58. The Morgan fingerprint density at radius 2 is 2.22 bits per heavy atom. The Bertz CT molecular complexity index is 515. The van der Waals surface area contributed by atoms with E-state index in [0.717, 1.165) is 23.7 Å². The van der Waals surface area contributed by atoms with Crippen molar-refractivity contribution >= 4 is 11.3 Å². The van der Waals surface area contributed by atoms with Gasteiger partial charge in [-0.1, -0.05) is 0 Å². The quantitative estimate of drug-likeness (QED) is 0.901. The number of aryl methyl sites for hydroxylation is 3. The molecule has 0 bridgehead atoms. The van der Waals surface area contributed by atoms with E-state index in [-0.39, 0.29) is 0 Å². The Kier molecular flexibility index (Phi) is 4.14. The zero-order valence-corrected chi connectivity index (χ0v) is 12.2. The molecule has 18 heavy (non-hydrogen) atoms. The lowest BCUT2D eigenvalue weighted by Gasteiger charge is -2.11. The average molecular weight is 264 g/mol. The number of thiazole rings is 1. The summed E-state index contributed by atoms with van der Waals surface area (Å²) in [5.74, 6) is 0. The Hall–Kier alpha value is -1.20. The molecule has 0 fully saturated rings. The van der Waals surface area contributed by atoms with Gasteiger partial charge in [0.05, 0.1) is 16.4 Å². The van der Waals surface area contributed by atoms with Crippen molar-refractivity contribution in [3.8, 4) is 0 Å². The van der Waals surface area contributed by atoms with E-state index in [1.165, 1.54) is 10.6 Å². The van der Waals surface area contributed by atoms with Crippen LogP contribution in [0.15, 0.2) is 12.3 Å². The van der Waals surface area contributed by atoms with E-state index in [1.807, 2.05) is 17.9 Å². The molecule has 2 aromatic rings. The van der Waals surface area contributed by atoms with Crippen molar-refractivity contribution < 1.29 is 0 Å². The zero-order valence-electron chi connectivity index (χ0n) is 11.4. The van der Waals surface area contributed by atoms with Gasteiger partial charge in [-0.05, 0) is 26.8 Å². The standard InChI is InChI=1S/C13H20N4S/c1-9(13-10(2)18-11(3)15-13)14-7-5-12-6-8-17(4)16-12/h6,8-9,14H,5,7H2,1-4H3. The minimum absolute atomic E-state index is 0.304. The molecule has 0 aliphatic heterocycles. The molecule has 98 valence electrons. The fraction of sp³-hybridized carbons (Fsp3) is 0.538. The fourth-order valence-electron chi connectivity index (χ4n) is 2.06. The molecule has 0 spiro atoms. The third-order valence-electron chi connectivity index (χ3n) is 2.95. The highest BCUT2D eigenvalue weighted by molar-refractivity contribution is 7.11. The zero-order chi connectivity index (χ0) is 13.1. The molecule has 4 nitrogen and oxygen atoms in total. The first-order valence-corrected chi connectivity index (χ1v) is 7.03. The SMILES string of the molecule is Cc1nc(C(C)NCCc2ccn(C)n2)c(C)s1. The lowest BCUT2D eigenvalue weighted by Crippen LogP contribution is -2.22. The highest BCUT2D eigenvalue weighted by Gasteiger charge is 2.12. The maximum Gasteiger partial charge on any atom is 0.0900 e. The van der Waals surface area contributed by atoms with Gasteiger partial charge in [-0.25, -0.2) is 4.98 Å². The molecule has 0 amide bonds. The molecule has 0 saturated heterocycles. The van der Waals surface area contributed by atoms with Gasteiger partial charge in [0.25, 0.3) is 0 Å². The average Bonchev–Trinajstić information content (AvgIpc) is 2.85. The molecule has 2 rings (SSSR count). The Morgan fingerprint density at radius 3 is 2.78 bits per heavy atom. The second-order valence-electron chi connectivity index (χ2n) is 4.58. The molecule has 0 saturated carbocycles. The van der Waals surface area contributed by atoms with Gasteiger partial charge in [0.1, 0.15) is 0 Å². The first kappa shape index (κ1) is 13.2. The van der Waals surface area contributed by atoms with Crippen molar-refractivity contribution in [1.82, 2.24) is 20.1 Å². The van der Waals surface area contributed by atoms with E-state index in [4.69, 9.17) is 0 Å². The Labute approximate surface area is 112 Å². The van der Waals surface area contributed by atoms with Crippen molar-refractivity contribution in [3.63, 3.8) is 0 Å². The normalized spacial score (nSPS) is 12.9. The Morgan fingerprint density at radius 1 is 1.44 bits per heavy atom. The van der Waals surface area contributed by atoms with Gasteiger partial charge in [0.2, 0.25) is 0 Å². The van der Waals surface area contributed by atoms with E-state index < -0.39 is 0 Å². The monoisotopic (exact) mass is 264 g/mol. The van der Waals surface area contributed by atoms with Crippen LogP contribution in [0.5, 0.6) is 0 Å². The topological polar surface area (TPSA) is 42.7 Å². The van der Waals surface area contributed by atoms with Crippen LogP contribution in [0.3, 0.4) is 0 Å². The largest absolute Gasteiger partial charge is 0.308 e. The molecular weight excluding hydrogens is 244 g/mol. The van der Waals surface area contributed by atoms with Crippen LogP contribution in [-0.4, -0.2) is 21.3 Å². The van der Waals surface area contributed by atoms with Gasteiger partial charge >= 0.3 is 0 Å². The maximum atomic E-state index is 4.58. The summed E-state index contributed by atoms with van der Waals surface area (Å²) in [6, 6.07) is 2.36. The van der Waals surface area contributed by atoms with Crippen LogP contribution in [0.4, 0.5) is 0 Å². The summed E-state index contributed by atoms with van der Waals surface area (Å²) in [7, 11) is 1.95. The summed E-state index contributed by atoms with van der Waals surface area (Å²) in [5, 5.41) is 9.01. The molecule has 2 heterocycles. The molecule has 0 aliphatic rings. The van der Waals surface area contributed by atoms with E-state index in [0.29, 0.717) is 6.04 Å². The number of nitrogens with zero attached hydrogens (tertiary/aromatic N) is 3. The van der Waals surface area contributed by atoms with Crippen LogP contribution >= 0.6 is 11.3 Å². The molecule has 5 heteroatoms. The fourth-order valence-corrected chi connectivity index (χ4v) is 2.97. The summed E-state index contributed by atoms with van der Waals surface area (Å²) < 4.78 is 1.84. The highest BCUT2D eigenvalue weighted by atomic mass is 32.1. The van der Waals surface area contributed by atoms with Gasteiger partial charge in [0.15, 0.2) is 0 Å². The second-order valence-corrected chi connectivity index (χ2v) is 5.99. The third kappa shape index (κ3) is 3.17. The predicted molar refractivity (Wildman–Crippen MR) is 74.9 cm³/mol. The van der Waals surface area contributed by atoms with Gasteiger partial charge in [-0.2, -0.15) is 5.10 Å². The number of rotatable bonds is 5. The van der Waals surface area contributed by atoms with E-state index >= 15 is 0 Å². The van der Waals surface area contributed by atoms with Crippen molar-refractivity contribution in [2.45, 2.75) is 33.2 Å². The van der Waals surface area contributed by atoms with Crippen molar-refractivity contribution in [2.75, 3.05) is 6.54 Å². The summed E-state index contributed by atoms with van der Waals surface area (Å²) in [6.45, 7) is 7.28. The van der Waals surface area contributed by atoms with Crippen LogP contribution in [0, 0.1) is 13.8 Å². The predicted octanol–water partition coefficient (Wildman–Crippen LogP) is 2.39. The second kappa shape index (κ2) is 5.63. The van der Waals surface area contributed by atoms with E-state index in [9.17, 15) is 0 Å².